The molecule has 1 aliphatic rings. The van der Waals surface area contributed by atoms with E-state index in [9.17, 15) is 4.79 Å². The van der Waals surface area contributed by atoms with Crippen LogP contribution >= 0.6 is 0 Å². The number of piperazine rings is 1. The first-order valence-corrected chi connectivity index (χ1v) is 8.70. The van der Waals surface area contributed by atoms with E-state index in [1.165, 1.54) is 0 Å². The Balaban J connectivity index is 1.68. The minimum Gasteiger partial charge on any atom is -0.339 e. The van der Waals surface area contributed by atoms with Crippen LogP contribution in [0.25, 0.3) is 5.82 Å². The van der Waals surface area contributed by atoms with Gasteiger partial charge in [0, 0.05) is 50.2 Å². The van der Waals surface area contributed by atoms with Gasteiger partial charge in [0.15, 0.2) is 5.82 Å². The molecule has 7 nitrogen and oxygen atoms in total. The molecule has 1 amide bonds. The maximum Gasteiger partial charge on any atom is 0.236 e. The summed E-state index contributed by atoms with van der Waals surface area (Å²) in [5.41, 5.74) is 3.20. The molecule has 2 aromatic heterocycles. The van der Waals surface area contributed by atoms with Crippen LogP contribution in [0.15, 0.2) is 24.4 Å². The summed E-state index contributed by atoms with van der Waals surface area (Å²) in [5.74, 6) is 1.00. The lowest BCUT2D eigenvalue weighted by Crippen LogP contribution is -2.49. The van der Waals surface area contributed by atoms with Gasteiger partial charge in [-0.05, 0) is 33.0 Å². The maximum absolute atomic E-state index is 12.4. The predicted octanol–water partition coefficient (Wildman–Crippen LogP) is 0.748. The van der Waals surface area contributed by atoms with E-state index in [2.05, 4.69) is 27.2 Å². The first-order valence-electron chi connectivity index (χ1n) is 8.70. The molecule has 0 aromatic carbocycles. The molecule has 3 rings (SSSR count). The molecule has 1 fully saturated rings. The number of pyridine rings is 1. The van der Waals surface area contributed by atoms with E-state index in [0.717, 1.165) is 48.9 Å². The zero-order valence-corrected chi connectivity index (χ0v) is 15.2. The summed E-state index contributed by atoms with van der Waals surface area (Å²) in [6.45, 7) is 8.53. The summed E-state index contributed by atoms with van der Waals surface area (Å²) in [4.78, 5) is 20.8. The van der Waals surface area contributed by atoms with Crippen molar-refractivity contribution in [2.75, 3.05) is 39.8 Å². The molecule has 1 aliphatic heterocycles. The van der Waals surface area contributed by atoms with E-state index in [0.29, 0.717) is 13.1 Å². The number of hydrogen-bond donors (Lipinski definition) is 1. The van der Waals surface area contributed by atoms with Crippen LogP contribution in [-0.2, 0) is 11.3 Å². The van der Waals surface area contributed by atoms with Gasteiger partial charge in [0.1, 0.15) is 0 Å². The Morgan fingerprint density at radius 1 is 1.28 bits per heavy atom. The minimum atomic E-state index is 0.191. The second-order valence-corrected chi connectivity index (χ2v) is 6.55. The average molecular weight is 342 g/mol. The summed E-state index contributed by atoms with van der Waals surface area (Å²) in [5, 5.41) is 7.90. The molecule has 1 N–H and O–H groups in total. The molecule has 2 aromatic rings. The molecular weight excluding hydrogens is 316 g/mol. The van der Waals surface area contributed by atoms with Crippen LogP contribution in [0, 0.1) is 13.8 Å². The van der Waals surface area contributed by atoms with E-state index in [4.69, 9.17) is 0 Å². The number of nitrogens with zero attached hydrogens (tertiary/aromatic N) is 5. The molecule has 0 aliphatic carbocycles. The Labute approximate surface area is 148 Å². The lowest BCUT2D eigenvalue weighted by atomic mass is 10.2. The molecule has 0 spiro atoms. The highest BCUT2D eigenvalue weighted by atomic mass is 16.2. The number of carbonyl (C=O) groups excluding carboxylic acids is 1. The third-order valence-corrected chi connectivity index (χ3v) is 4.61. The van der Waals surface area contributed by atoms with Crippen LogP contribution in [0.4, 0.5) is 0 Å². The van der Waals surface area contributed by atoms with E-state index in [1.807, 2.05) is 41.8 Å². The summed E-state index contributed by atoms with van der Waals surface area (Å²) in [6.07, 6.45) is 1.77. The molecule has 0 atom stereocenters. The fraction of sp³-hybridized carbons (Fsp3) is 0.500. The van der Waals surface area contributed by atoms with E-state index >= 15 is 0 Å². The van der Waals surface area contributed by atoms with Crippen LogP contribution in [0.1, 0.15) is 17.0 Å². The highest BCUT2D eigenvalue weighted by Crippen LogP contribution is 2.18. The van der Waals surface area contributed by atoms with Gasteiger partial charge in [-0.25, -0.2) is 9.67 Å². The SMILES string of the molecule is Cc1nn(-c2ccccn2)c(C)c1CN(C)CC(=O)N1CCNCC1. The molecule has 0 bridgehead atoms. The predicted molar refractivity (Wildman–Crippen MR) is 96.6 cm³/mol. The van der Waals surface area contributed by atoms with Crippen molar-refractivity contribution in [3.05, 3.63) is 41.3 Å². The lowest BCUT2D eigenvalue weighted by molar-refractivity contribution is -0.132. The Bertz CT molecular complexity index is 721. The van der Waals surface area contributed by atoms with Gasteiger partial charge in [0.05, 0.1) is 12.2 Å². The third kappa shape index (κ3) is 4.05. The van der Waals surface area contributed by atoms with Crippen molar-refractivity contribution >= 4 is 5.91 Å². The van der Waals surface area contributed by atoms with Gasteiger partial charge in [0.2, 0.25) is 5.91 Å². The lowest BCUT2D eigenvalue weighted by Gasteiger charge is -2.29. The largest absolute Gasteiger partial charge is 0.339 e. The van der Waals surface area contributed by atoms with Crippen LogP contribution in [0.3, 0.4) is 0 Å². The van der Waals surface area contributed by atoms with Crippen molar-refractivity contribution in [1.82, 2.24) is 29.9 Å². The molecule has 7 heteroatoms. The zero-order valence-electron chi connectivity index (χ0n) is 15.2. The van der Waals surface area contributed by atoms with Crippen molar-refractivity contribution in [1.29, 1.82) is 0 Å². The molecule has 1 saturated heterocycles. The highest BCUT2D eigenvalue weighted by Gasteiger charge is 2.20. The first kappa shape index (κ1) is 17.6. The molecule has 0 radical (unpaired) electrons. The molecule has 134 valence electrons. The first-order chi connectivity index (χ1) is 12.1. The molecular formula is C18H26N6O. The number of rotatable bonds is 5. The third-order valence-electron chi connectivity index (χ3n) is 4.61. The van der Waals surface area contributed by atoms with E-state index in [1.54, 1.807) is 6.20 Å². The quantitative estimate of drug-likeness (QED) is 0.868. The summed E-state index contributed by atoms with van der Waals surface area (Å²) < 4.78 is 1.87. The fourth-order valence-electron chi connectivity index (χ4n) is 3.18. The Morgan fingerprint density at radius 3 is 2.72 bits per heavy atom. The second kappa shape index (κ2) is 7.76. The van der Waals surface area contributed by atoms with E-state index < -0.39 is 0 Å². The number of likely N-dealkylation sites (N-methyl/N-ethyl adjacent to an activating group) is 1. The maximum atomic E-state index is 12.4. The monoisotopic (exact) mass is 342 g/mol. The summed E-state index contributed by atoms with van der Waals surface area (Å²) in [7, 11) is 1.98. The minimum absolute atomic E-state index is 0.191. The number of aromatic nitrogens is 3. The van der Waals surface area contributed by atoms with Gasteiger partial charge in [-0.15, -0.1) is 0 Å². The summed E-state index contributed by atoms with van der Waals surface area (Å²) >= 11 is 0. The van der Waals surface area contributed by atoms with Gasteiger partial charge in [-0.3, -0.25) is 9.69 Å². The Hall–Kier alpha value is -2.25. The van der Waals surface area contributed by atoms with Gasteiger partial charge < -0.3 is 10.2 Å². The average Bonchev–Trinajstić information content (AvgIpc) is 2.91. The van der Waals surface area contributed by atoms with Gasteiger partial charge >= 0.3 is 0 Å². The topological polar surface area (TPSA) is 66.3 Å². The normalized spacial score (nSPS) is 15.0. The molecule has 0 saturated carbocycles. The van der Waals surface area contributed by atoms with Gasteiger partial charge in [-0.1, -0.05) is 6.07 Å². The molecule has 25 heavy (non-hydrogen) atoms. The van der Waals surface area contributed by atoms with Crippen molar-refractivity contribution in [3.63, 3.8) is 0 Å². The van der Waals surface area contributed by atoms with Gasteiger partial charge in [-0.2, -0.15) is 5.10 Å². The van der Waals surface area contributed by atoms with Crippen molar-refractivity contribution in [2.45, 2.75) is 20.4 Å². The van der Waals surface area contributed by atoms with Crippen LogP contribution in [0.5, 0.6) is 0 Å². The molecule has 3 heterocycles. The number of nitrogens with one attached hydrogen (secondary N) is 1. The number of amides is 1. The number of aryl methyl sites for hydroxylation is 1. The highest BCUT2D eigenvalue weighted by molar-refractivity contribution is 5.78. The van der Waals surface area contributed by atoms with Crippen molar-refractivity contribution < 1.29 is 4.79 Å². The van der Waals surface area contributed by atoms with Crippen molar-refractivity contribution in [2.24, 2.45) is 0 Å². The summed E-state index contributed by atoms with van der Waals surface area (Å²) in [6, 6.07) is 5.79. The Morgan fingerprint density at radius 2 is 2.04 bits per heavy atom. The zero-order chi connectivity index (χ0) is 17.8. The van der Waals surface area contributed by atoms with Gasteiger partial charge in [0.25, 0.3) is 0 Å². The standard InChI is InChI=1S/C18H26N6O/c1-14-16(15(2)24(21-14)17-6-4-5-7-20-17)12-22(3)13-18(25)23-10-8-19-9-11-23/h4-7,19H,8-13H2,1-3H3. The van der Waals surface area contributed by atoms with Crippen molar-refractivity contribution in [3.8, 4) is 5.82 Å². The van der Waals surface area contributed by atoms with E-state index in [-0.39, 0.29) is 5.91 Å². The second-order valence-electron chi connectivity index (χ2n) is 6.55. The number of carbonyl (C=O) groups is 1. The molecule has 0 unspecified atom stereocenters. The Kier molecular flexibility index (Phi) is 5.45. The van der Waals surface area contributed by atoms with Crippen LogP contribution in [-0.4, -0.2) is 70.2 Å². The van der Waals surface area contributed by atoms with Crippen LogP contribution < -0.4 is 5.32 Å². The fourth-order valence-corrected chi connectivity index (χ4v) is 3.18. The van der Waals surface area contributed by atoms with Crippen LogP contribution in [0.2, 0.25) is 0 Å². The smallest absolute Gasteiger partial charge is 0.236 e. The number of hydrogen-bond acceptors (Lipinski definition) is 5.